The fourth-order valence-corrected chi connectivity index (χ4v) is 2.98. The van der Waals surface area contributed by atoms with E-state index in [2.05, 4.69) is 5.32 Å². The Morgan fingerprint density at radius 1 is 1.00 bits per heavy atom. The van der Waals surface area contributed by atoms with Crippen LogP contribution in [0, 0.1) is 0 Å². The van der Waals surface area contributed by atoms with Gasteiger partial charge in [0.2, 0.25) is 11.8 Å². The third-order valence-electron chi connectivity index (χ3n) is 4.38. The van der Waals surface area contributed by atoms with E-state index in [-0.39, 0.29) is 43.8 Å². The fourth-order valence-electron chi connectivity index (χ4n) is 2.98. The molecule has 140 valence electrons. The smallest absolute Gasteiger partial charge is 0.306 e. The van der Waals surface area contributed by atoms with Gasteiger partial charge in [0, 0.05) is 13.0 Å². The summed E-state index contributed by atoms with van der Waals surface area (Å²) in [5, 5.41) is 2.67. The summed E-state index contributed by atoms with van der Waals surface area (Å²) in [6.07, 6.45) is 0.298. The lowest BCUT2D eigenvalue weighted by atomic mass is 10.1. The van der Waals surface area contributed by atoms with Crippen molar-refractivity contribution in [3.05, 3.63) is 71.8 Å². The van der Waals surface area contributed by atoms with E-state index >= 15 is 0 Å². The molecule has 1 heterocycles. The molecule has 2 amide bonds. The topological polar surface area (TPSA) is 75.7 Å². The molecule has 1 fully saturated rings. The molecule has 27 heavy (non-hydrogen) atoms. The molecule has 0 bridgehead atoms. The number of nitrogens with one attached hydrogen (secondary N) is 1. The van der Waals surface area contributed by atoms with Crippen molar-refractivity contribution in [1.29, 1.82) is 0 Å². The van der Waals surface area contributed by atoms with Crippen LogP contribution in [0.3, 0.4) is 0 Å². The van der Waals surface area contributed by atoms with Gasteiger partial charge in [0.25, 0.3) is 0 Å². The Balaban J connectivity index is 1.50. The molecular formula is C21H22N2O4. The number of hydrogen-bond donors (Lipinski definition) is 1. The number of hydrogen-bond acceptors (Lipinski definition) is 4. The van der Waals surface area contributed by atoms with E-state index in [0.29, 0.717) is 6.54 Å². The highest BCUT2D eigenvalue weighted by atomic mass is 16.5. The van der Waals surface area contributed by atoms with Gasteiger partial charge in [-0.05, 0) is 17.5 Å². The average Bonchev–Trinajstić information content (AvgIpc) is 2.69. The van der Waals surface area contributed by atoms with Gasteiger partial charge in [0.1, 0.15) is 12.6 Å². The molecule has 2 aromatic carbocycles. The minimum Gasteiger partial charge on any atom is -0.461 e. The third kappa shape index (κ3) is 5.41. The summed E-state index contributed by atoms with van der Waals surface area (Å²) in [5.74, 6) is -0.774. The van der Waals surface area contributed by atoms with Crippen LogP contribution in [0.4, 0.5) is 0 Å². The van der Waals surface area contributed by atoms with E-state index in [1.165, 1.54) is 4.90 Å². The standard InChI is InChI=1S/C21H22N2O4/c24-19-14-23(13-16-7-3-1-4-8-16)21(26)18(22-19)11-12-20(25)27-15-17-9-5-2-6-10-17/h1-10,18H,11-15H2,(H,22,24)/t18-/m1/s1. The van der Waals surface area contributed by atoms with Gasteiger partial charge in [-0.25, -0.2) is 0 Å². The zero-order chi connectivity index (χ0) is 19.1. The molecule has 0 spiro atoms. The maximum absolute atomic E-state index is 12.6. The first-order valence-corrected chi connectivity index (χ1v) is 8.93. The first-order valence-electron chi connectivity index (χ1n) is 8.93. The van der Waals surface area contributed by atoms with Gasteiger partial charge >= 0.3 is 5.97 Å². The Morgan fingerprint density at radius 3 is 2.30 bits per heavy atom. The van der Waals surface area contributed by atoms with E-state index in [1.807, 2.05) is 60.7 Å². The number of rotatable bonds is 7. The summed E-state index contributed by atoms with van der Waals surface area (Å²) < 4.78 is 5.23. The van der Waals surface area contributed by atoms with E-state index in [9.17, 15) is 14.4 Å². The molecule has 2 aromatic rings. The molecule has 0 aliphatic carbocycles. The lowest BCUT2D eigenvalue weighted by Gasteiger charge is -2.32. The van der Waals surface area contributed by atoms with Crippen molar-refractivity contribution in [2.45, 2.75) is 32.0 Å². The van der Waals surface area contributed by atoms with Gasteiger partial charge in [-0.3, -0.25) is 14.4 Å². The number of carbonyl (C=O) groups is 3. The van der Waals surface area contributed by atoms with E-state index in [0.717, 1.165) is 11.1 Å². The van der Waals surface area contributed by atoms with Crippen LogP contribution in [0.15, 0.2) is 60.7 Å². The van der Waals surface area contributed by atoms with E-state index in [1.54, 1.807) is 0 Å². The summed E-state index contributed by atoms with van der Waals surface area (Å²) in [6, 6.07) is 18.2. The van der Waals surface area contributed by atoms with E-state index < -0.39 is 6.04 Å². The Kier molecular flexibility index (Phi) is 6.20. The minimum atomic E-state index is -0.695. The van der Waals surface area contributed by atoms with Crippen LogP contribution in [0.2, 0.25) is 0 Å². The first kappa shape index (κ1) is 18.6. The van der Waals surface area contributed by atoms with Crippen LogP contribution in [0.1, 0.15) is 24.0 Å². The highest BCUT2D eigenvalue weighted by molar-refractivity contribution is 5.95. The van der Waals surface area contributed by atoms with Crippen LogP contribution in [-0.4, -0.2) is 35.3 Å². The zero-order valence-corrected chi connectivity index (χ0v) is 15.0. The largest absolute Gasteiger partial charge is 0.461 e. The molecule has 1 atom stereocenters. The normalized spacial score (nSPS) is 16.7. The van der Waals surface area contributed by atoms with Gasteiger partial charge in [0.15, 0.2) is 0 Å². The molecular weight excluding hydrogens is 344 g/mol. The second-order valence-electron chi connectivity index (χ2n) is 6.48. The van der Waals surface area contributed by atoms with Crippen molar-refractivity contribution in [1.82, 2.24) is 10.2 Å². The van der Waals surface area contributed by atoms with Crippen molar-refractivity contribution in [3.8, 4) is 0 Å². The second kappa shape index (κ2) is 8.98. The van der Waals surface area contributed by atoms with Crippen LogP contribution in [0.5, 0.6) is 0 Å². The molecule has 1 aliphatic heterocycles. The van der Waals surface area contributed by atoms with E-state index in [4.69, 9.17) is 4.74 Å². The predicted octanol–water partition coefficient (Wildman–Crippen LogP) is 2.04. The minimum absolute atomic E-state index is 0.0304. The number of esters is 1. The number of benzene rings is 2. The van der Waals surface area contributed by atoms with Crippen molar-refractivity contribution >= 4 is 17.8 Å². The highest BCUT2D eigenvalue weighted by Crippen LogP contribution is 2.13. The van der Waals surface area contributed by atoms with Gasteiger partial charge in [-0.1, -0.05) is 60.7 Å². The number of piperazine rings is 1. The summed E-state index contributed by atoms with van der Waals surface area (Å²) in [5.41, 5.74) is 1.86. The van der Waals surface area contributed by atoms with Crippen molar-refractivity contribution in [2.75, 3.05) is 6.54 Å². The summed E-state index contributed by atoms with van der Waals surface area (Å²) in [7, 11) is 0. The molecule has 1 saturated heterocycles. The molecule has 6 nitrogen and oxygen atoms in total. The molecule has 1 aliphatic rings. The predicted molar refractivity (Wildman–Crippen MR) is 99.3 cm³/mol. The SMILES string of the molecule is O=C1CN(Cc2ccccc2)C(=O)[C@@H](CCC(=O)OCc2ccccc2)N1. The first-order chi connectivity index (χ1) is 13.1. The van der Waals surface area contributed by atoms with Gasteiger partial charge < -0.3 is 15.0 Å². The Bertz CT molecular complexity index is 792. The summed E-state index contributed by atoms with van der Waals surface area (Å²) in [4.78, 5) is 38.1. The molecule has 0 radical (unpaired) electrons. The molecule has 0 aromatic heterocycles. The average molecular weight is 366 g/mol. The maximum Gasteiger partial charge on any atom is 0.306 e. The van der Waals surface area contributed by atoms with Gasteiger partial charge in [-0.2, -0.15) is 0 Å². The summed E-state index contributed by atoms with van der Waals surface area (Å²) in [6.45, 7) is 0.607. The Labute approximate surface area is 158 Å². The molecule has 0 saturated carbocycles. The molecule has 6 heteroatoms. The van der Waals surface area contributed by atoms with Crippen LogP contribution >= 0.6 is 0 Å². The third-order valence-corrected chi connectivity index (χ3v) is 4.38. The van der Waals surface area contributed by atoms with Gasteiger partial charge in [-0.15, -0.1) is 0 Å². The van der Waals surface area contributed by atoms with Crippen LogP contribution in [-0.2, 0) is 32.3 Å². The highest BCUT2D eigenvalue weighted by Gasteiger charge is 2.32. The lowest BCUT2D eigenvalue weighted by molar-refractivity contribution is -0.148. The number of carbonyl (C=O) groups excluding carboxylic acids is 3. The van der Waals surface area contributed by atoms with Crippen LogP contribution in [0.25, 0.3) is 0 Å². The molecule has 0 unspecified atom stereocenters. The summed E-state index contributed by atoms with van der Waals surface area (Å²) >= 11 is 0. The lowest BCUT2D eigenvalue weighted by Crippen LogP contribution is -2.57. The molecule has 1 N–H and O–H groups in total. The number of amides is 2. The number of nitrogens with zero attached hydrogens (tertiary/aromatic N) is 1. The Hall–Kier alpha value is -3.15. The number of ether oxygens (including phenoxy) is 1. The molecule has 3 rings (SSSR count). The fraction of sp³-hybridized carbons (Fsp3) is 0.286. The monoisotopic (exact) mass is 366 g/mol. The second-order valence-corrected chi connectivity index (χ2v) is 6.48. The van der Waals surface area contributed by atoms with Crippen LogP contribution < -0.4 is 5.32 Å². The van der Waals surface area contributed by atoms with Crippen molar-refractivity contribution in [2.24, 2.45) is 0 Å². The van der Waals surface area contributed by atoms with Crippen molar-refractivity contribution < 1.29 is 19.1 Å². The zero-order valence-electron chi connectivity index (χ0n) is 15.0. The van der Waals surface area contributed by atoms with Crippen molar-refractivity contribution in [3.63, 3.8) is 0 Å². The maximum atomic E-state index is 12.6. The Morgan fingerprint density at radius 2 is 1.63 bits per heavy atom. The van der Waals surface area contributed by atoms with Gasteiger partial charge in [0.05, 0.1) is 6.54 Å². The quantitative estimate of drug-likeness (QED) is 0.761.